The van der Waals surface area contributed by atoms with Crippen LogP contribution in [0.15, 0.2) is 18.3 Å². The molecule has 0 aliphatic carbocycles. The normalized spacial score (nSPS) is 12.2. The zero-order valence-electron chi connectivity index (χ0n) is 9.72. The number of hydrogen-bond donors (Lipinski definition) is 1. The first-order valence-electron chi connectivity index (χ1n) is 5.64. The number of nitrogens with two attached hydrogens (primary N) is 1. The minimum atomic E-state index is -0.117. The average Bonchev–Trinajstić information content (AvgIpc) is 2.77. The second-order valence-corrected chi connectivity index (χ2v) is 4.01. The number of nitrogens with zero attached hydrogens (tertiary/aromatic N) is 4. The fourth-order valence-corrected chi connectivity index (χ4v) is 2.02. The van der Waals surface area contributed by atoms with Gasteiger partial charge in [-0.2, -0.15) is 9.61 Å². The van der Waals surface area contributed by atoms with Gasteiger partial charge in [0.2, 0.25) is 0 Å². The molecule has 2 aromatic heterocycles. The molecule has 16 heavy (non-hydrogen) atoms. The number of hydrogen-bond acceptors (Lipinski definition) is 4. The Morgan fingerprint density at radius 2 is 2.06 bits per heavy atom. The van der Waals surface area contributed by atoms with Crippen molar-refractivity contribution < 1.29 is 0 Å². The van der Waals surface area contributed by atoms with E-state index >= 15 is 0 Å². The molecular formula is C11H17N5. The van der Waals surface area contributed by atoms with Crippen LogP contribution in [-0.2, 0) is 5.41 Å². The zero-order valence-corrected chi connectivity index (χ0v) is 9.72. The molecule has 2 aromatic rings. The summed E-state index contributed by atoms with van der Waals surface area (Å²) in [6.45, 7) is 4.82. The smallest absolute Gasteiger partial charge is 0.177 e. The highest BCUT2D eigenvalue weighted by molar-refractivity contribution is 5.36. The summed E-state index contributed by atoms with van der Waals surface area (Å²) in [7, 11) is 0. The Morgan fingerprint density at radius 1 is 1.31 bits per heavy atom. The van der Waals surface area contributed by atoms with Crippen LogP contribution in [-0.4, -0.2) is 26.4 Å². The summed E-state index contributed by atoms with van der Waals surface area (Å²) in [4.78, 5) is 0. The Balaban J connectivity index is 2.61. The Kier molecular flexibility index (Phi) is 2.87. The van der Waals surface area contributed by atoms with E-state index in [1.165, 1.54) is 0 Å². The van der Waals surface area contributed by atoms with Crippen LogP contribution in [0.3, 0.4) is 0 Å². The molecule has 5 heteroatoms. The zero-order chi connectivity index (χ0) is 11.6. The van der Waals surface area contributed by atoms with Crippen molar-refractivity contribution >= 4 is 5.65 Å². The molecule has 2 heterocycles. The topological polar surface area (TPSA) is 69.1 Å². The molecule has 0 aliphatic heterocycles. The predicted molar refractivity (Wildman–Crippen MR) is 62.1 cm³/mol. The Morgan fingerprint density at radius 3 is 2.69 bits per heavy atom. The van der Waals surface area contributed by atoms with E-state index in [1.54, 1.807) is 10.7 Å². The molecule has 0 spiro atoms. The third-order valence-electron chi connectivity index (χ3n) is 3.40. The Bertz CT molecular complexity index is 464. The van der Waals surface area contributed by atoms with Gasteiger partial charge in [-0.3, -0.25) is 0 Å². The summed E-state index contributed by atoms with van der Waals surface area (Å²) in [6, 6.07) is 3.76. The quantitative estimate of drug-likeness (QED) is 0.837. The van der Waals surface area contributed by atoms with E-state index in [9.17, 15) is 0 Å². The van der Waals surface area contributed by atoms with Crippen molar-refractivity contribution in [2.24, 2.45) is 5.73 Å². The van der Waals surface area contributed by atoms with E-state index in [-0.39, 0.29) is 5.41 Å². The highest BCUT2D eigenvalue weighted by atomic mass is 15.4. The lowest BCUT2D eigenvalue weighted by molar-refractivity contribution is 0.374. The van der Waals surface area contributed by atoms with Crippen LogP contribution >= 0.6 is 0 Å². The van der Waals surface area contributed by atoms with E-state index in [4.69, 9.17) is 5.73 Å². The summed E-state index contributed by atoms with van der Waals surface area (Å²) < 4.78 is 1.79. The van der Waals surface area contributed by atoms with Gasteiger partial charge in [-0.25, -0.2) is 0 Å². The fraction of sp³-hybridized carbons (Fsp3) is 0.545. The van der Waals surface area contributed by atoms with Crippen LogP contribution in [0.4, 0.5) is 0 Å². The van der Waals surface area contributed by atoms with Crippen LogP contribution in [0, 0.1) is 0 Å². The van der Waals surface area contributed by atoms with E-state index in [2.05, 4.69) is 29.1 Å². The third kappa shape index (κ3) is 1.48. The molecule has 0 radical (unpaired) electrons. The van der Waals surface area contributed by atoms with Crippen molar-refractivity contribution in [3.63, 3.8) is 0 Å². The lowest BCUT2D eigenvalue weighted by Crippen LogP contribution is -2.36. The molecule has 2 N–H and O–H groups in total. The van der Waals surface area contributed by atoms with E-state index in [0.717, 1.165) is 24.3 Å². The van der Waals surface area contributed by atoms with E-state index < -0.39 is 0 Å². The van der Waals surface area contributed by atoms with Crippen molar-refractivity contribution in [2.45, 2.75) is 32.1 Å². The van der Waals surface area contributed by atoms with Gasteiger partial charge in [0.1, 0.15) is 0 Å². The van der Waals surface area contributed by atoms with Gasteiger partial charge in [0.05, 0.1) is 0 Å². The van der Waals surface area contributed by atoms with E-state index in [1.807, 2.05) is 12.1 Å². The maximum Gasteiger partial charge on any atom is 0.177 e. The SMILES string of the molecule is CCC(CC)(CN)c1nnc2cccnn12. The van der Waals surface area contributed by atoms with Gasteiger partial charge in [-0.15, -0.1) is 10.2 Å². The Hall–Kier alpha value is -1.49. The van der Waals surface area contributed by atoms with Crippen LogP contribution in [0.2, 0.25) is 0 Å². The summed E-state index contributed by atoms with van der Waals surface area (Å²) in [5.41, 5.74) is 6.56. The minimum Gasteiger partial charge on any atom is -0.329 e. The van der Waals surface area contributed by atoms with Gasteiger partial charge in [0, 0.05) is 18.2 Å². The van der Waals surface area contributed by atoms with Crippen LogP contribution in [0.5, 0.6) is 0 Å². The minimum absolute atomic E-state index is 0.117. The summed E-state index contributed by atoms with van der Waals surface area (Å²) in [5.74, 6) is 0.871. The van der Waals surface area contributed by atoms with Crippen LogP contribution < -0.4 is 5.73 Å². The maximum atomic E-state index is 5.90. The molecule has 0 aromatic carbocycles. The second-order valence-electron chi connectivity index (χ2n) is 4.01. The van der Waals surface area contributed by atoms with Crippen molar-refractivity contribution in [1.29, 1.82) is 0 Å². The van der Waals surface area contributed by atoms with Crippen LogP contribution in [0.25, 0.3) is 5.65 Å². The molecule has 0 bridgehead atoms. The maximum absolute atomic E-state index is 5.90. The summed E-state index contributed by atoms with van der Waals surface area (Å²) in [5, 5.41) is 12.7. The molecule has 2 rings (SSSR count). The molecule has 0 atom stereocenters. The van der Waals surface area contributed by atoms with E-state index in [0.29, 0.717) is 6.54 Å². The lowest BCUT2D eigenvalue weighted by atomic mass is 9.81. The molecule has 0 saturated heterocycles. The highest BCUT2D eigenvalue weighted by Crippen LogP contribution is 2.28. The molecule has 0 aliphatic rings. The molecule has 0 saturated carbocycles. The van der Waals surface area contributed by atoms with Crippen molar-refractivity contribution in [3.8, 4) is 0 Å². The van der Waals surface area contributed by atoms with Gasteiger partial charge >= 0.3 is 0 Å². The lowest BCUT2D eigenvalue weighted by Gasteiger charge is -2.27. The number of fused-ring (bicyclic) bond motifs is 1. The van der Waals surface area contributed by atoms with Gasteiger partial charge in [-0.05, 0) is 25.0 Å². The van der Waals surface area contributed by atoms with Gasteiger partial charge in [0.15, 0.2) is 11.5 Å². The van der Waals surface area contributed by atoms with Crippen molar-refractivity contribution in [2.75, 3.05) is 6.54 Å². The first-order chi connectivity index (χ1) is 7.77. The first-order valence-corrected chi connectivity index (χ1v) is 5.64. The number of aromatic nitrogens is 4. The summed E-state index contributed by atoms with van der Waals surface area (Å²) in [6.07, 6.45) is 3.63. The van der Waals surface area contributed by atoms with Gasteiger partial charge in [0.25, 0.3) is 0 Å². The average molecular weight is 219 g/mol. The molecular weight excluding hydrogens is 202 g/mol. The molecule has 0 amide bonds. The second kappa shape index (κ2) is 4.17. The first kappa shape index (κ1) is 11.0. The van der Waals surface area contributed by atoms with Crippen LogP contribution in [0.1, 0.15) is 32.5 Å². The molecule has 86 valence electrons. The molecule has 5 nitrogen and oxygen atoms in total. The standard InChI is InChI=1S/C11H17N5/c1-3-11(4-2,8-12)10-15-14-9-6-5-7-13-16(9)10/h5-7H,3-4,8,12H2,1-2H3. The molecule has 0 unspecified atom stereocenters. The largest absolute Gasteiger partial charge is 0.329 e. The summed E-state index contributed by atoms with van der Waals surface area (Å²) >= 11 is 0. The predicted octanol–water partition coefficient (Wildman–Crippen LogP) is 1.14. The van der Waals surface area contributed by atoms with Crippen molar-refractivity contribution in [3.05, 3.63) is 24.2 Å². The number of rotatable bonds is 4. The third-order valence-corrected chi connectivity index (χ3v) is 3.40. The molecule has 0 fully saturated rings. The Labute approximate surface area is 94.7 Å². The van der Waals surface area contributed by atoms with Gasteiger partial charge in [-0.1, -0.05) is 13.8 Å². The monoisotopic (exact) mass is 219 g/mol. The van der Waals surface area contributed by atoms with Gasteiger partial charge < -0.3 is 5.73 Å². The van der Waals surface area contributed by atoms with Crippen molar-refractivity contribution in [1.82, 2.24) is 19.8 Å². The highest BCUT2D eigenvalue weighted by Gasteiger charge is 2.32. The fourth-order valence-electron chi connectivity index (χ4n) is 2.02.